The second-order valence-corrected chi connectivity index (χ2v) is 5.94. The number of likely N-dealkylation sites (tertiary alicyclic amines) is 1. The number of nitrogens with zero attached hydrogens (tertiary/aromatic N) is 1. The van der Waals surface area contributed by atoms with E-state index in [0.717, 1.165) is 51.9 Å². The van der Waals surface area contributed by atoms with Crippen LogP contribution in [0.5, 0.6) is 0 Å². The molecule has 0 unspecified atom stereocenters. The van der Waals surface area contributed by atoms with Gasteiger partial charge in [0.05, 0.1) is 0 Å². The fraction of sp³-hybridized carbons (Fsp3) is 0.562. The van der Waals surface area contributed by atoms with Crippen molar-refractivity contribution in [2.45, 2.75) is 25.7 Å². The first-order valence-corrected chi connectivity index (χ1v) is 7.60. The number of hydrogen-bond acceptors (Lipinski definition) is 3. The molecule has 4 nitrogen and oxygen atoms in total. The number of benzene rings is 1. The third-order valence-electron chi connectivity index (χ3n) is 4.59. The number of primary amides is 1. The highest BCUT2D eigenvalue weighted by Gasteiger charge is 2.22. The number of piperidine rings is 1. The van der Waals surface area contributed by atoms with Gasteiger partial charge >= 0.3 is 0 Å². The first kappa shape index (κ1) is 13.4. The first-order valence-electron chi connectivity index (χ1n) is 7.60. The molecule has 108 valence electrons. The number of rotatable bonds is 4. The Kier molecular flexibility index (Phi) is 3.92. The van der Waals surface area contributed by atoms with Crippen LogP contribution < -0.4 is 11.1 Å². The minimum Gasteiger partial charge on any atom is -0.384 e. The molecule has 2 aliphatic rings. The van der Waals surface area contributed by atoms with Crippen LogP contribution in [-0.4, -0.2) is 37.0 Å². The molecule has 3 N–H and O–H groups in total. The average Bonchev–Trinajstić information content (AvgIpc) is 2.93. The quantitative estimate of drug-likeness (QED) is 0.871. The van der Waals surface area contributed by atoms with E-state index in [1.165, 1.54) is 16.8 Å². The summed E-state index contributed by atoms with van der Waals surface area (Å²) in [5, 5.41) is 3.39. The van der Waals surface area contributed by atoms with Crippen molar-refractivity contribution < 1.29 is 4.79 Å². The lowest BCUT2D eigenvalue weighted by atomic mass is 9.96. The van der Waals surface area contributed by atoms with Crippen molar-refractivity contribution in [3.8, 4) is 0 Å². The zero-order valence-corrected chi connectivity index (χ0v) is 11.9. The maximum atomic E-state index is 11.1. The lowest BCUT2D eigenvalue weighted by Gasteiger charge is -2.30. The second kappa shape index (κ2) is 5.83. The summed E-state index contributed by atoms with van der Waals surface area (Å²) in [6.07, 6.45) is 4.08. The zero-order valence-electron chi connectivity index (χ0n) is 11.9. The van der Waals surface area contributed by atoms with Crippen LogP contribution in [0.3, 0.4) is 0 Å². The first-order chi connectivity index (χ1) is 9.72. The minimum atomic E-state index is -0.129. The van der Waals surface area contributed by atoms with Gasteiger partial charge in [0.25, 0.3) is 0 Å². The molecule has 1 saturated heterocycles. The molecule has 1 aromatic rings. The number of carbonyl (C=O) groups is 1. The molecule has 0 atom stereocenters. The maximum absolute atomic E-state index is 11.1. The van der Waals surface area contributed by atoms with Crippen LogP contribution in [0, 0.1) is 5.92 Å². The summed E-state index contributed by atoms with van der Waals surface area (Å²) in [7, 11) is 0. The van der Waals surface area contributed by atoms with Crippen LogP contribution in [0.15, 0.2) is 18.2 Å². The summed E-state index contributed by atoms with van der Waals surface area (Å²) in [5.74, 6) is -0.0342. The van der Waals surface area contributed by atoms with Crippen molar-refractivity contribution in [2.24, 2.45) is 11.7 Å². The number of anilines is 1. The van der Waals surface area contributed by atoms with E-state index in [2.05, 4.69) is 28.4 Å². The van der Waals surface area contributed by atoms with Gasteiger partial charge in [-0.05, 0) is 56.0 Å². The Morgan fingerprint density at radius 3 is 2.90 bits per heavy atom. The average molecular weight is 273 g/mol. The van der Waals surface area contributed by atoms with Crippen molar-refractivity contribution in [2.75, 3.05) is 31.5 Å². The normalized spacial score (nSPS) is 19.6. The monoisotopic (exact) mass is 273 g/mol. The number of nitrogens with two attached hydrogens (primary N) is 1. The maximum Gasteiger partial charge on any atom is 0.220 e. The fourth-order valence-corrected chi connectivity index (χ4v) is 3.24. The fourth-order valence-electron chi connectivity index (χ4n) is 3.24. The van der Waals surface area contributed by atoms with E-state index < -0.39 is 0 Å². The zero-order chi connectivity index (χ0) is 13.9. The van der Waals surface area contributed by atoms with Gasteiger partial charge in [0.1, 0.15) is 0 Å². The van der Waals surface area contributed by atoms with Gasteiger partial charge in [-0.3, -0.25) is 4.79 Å². The summed E-state index contributed by atoms with van der Waals surface area (Å²) in [4.78, 5) is 13.6. The van der Waals surface area contributed by atoms with Crippen LogP contribution in [-0.2, 0) is 17.6 Å². The van der Waals surface area contributed by atoms with E-state index in [-0.39, 0.29) is 11.8 Å². The predicted molar refractivity (Wildman–Crippen MR) is 80.7 cm³/mol. The minimum absolute atomic E-state index is 0.0947. The highest BCUT2D eigenvalue weighted by atomic mass is 16.1. The molecule has 20 heavy (non-hydrogen) atoms. The van der Waals surface area contributed by atoms with Crippen molar-refractivity contribution in [3.05, 3.63) is 29.3 Å². The molecular weight excluding hydrogens is 250 g/mol. The summed E-state index contributed by atoms with van der Waals surface area (Å²) in [6, 6.07) is 6.77. The van der Waals surface area contributed by atoms with Crippen molar-refractivity contribution >= 4 is 11.6 Å². The highest BCUT2D eigenvalue weighted by molar-refractivity contribution is 5.76. The lowest BCUT2D eigenvalue weighted by Crippen LogP contribution is -2.39. The van der Waals surface area contributed by atoms with Gasteiger partial charge in [-0.1, -0.05) is 12.1 Å². The van der Waals surface area contributed by atoms with Crippen molar-refractivity contribution in [1.82, 2.24) is 4.90 Å². The lowest BCUT2D eigenvalue weighted by molar-refractivity contribution is -0.123. The third-order valence-corrected chi connectivity index (χ3v) is 4.59. The molecule has 0 aliphatic carbocycles. The van der Waals surface area contributed by atoms with Gasteiger partial charge in [0.2, 0.25) is 5.91 Å². The standard InChI is InChI=1S/C16H23N3O/c17-16(20)13-5-9-19(10-6-13)8-4-12-1-2-15-14(11-12)3-7-18-15/h1-2,11,13,18H,3-10H2,(H2,17,20). The van der Waals surface area contributed by atoms with Crippen molar-refractivity contribution in [1.29, 1.82) is 0 Å². The van der Waals surface area contributed by atoms with Crippen molar-refractivity contribution in [3.63, 3.8) is 0 Å². The molecule has 0 radical (unpaired) electrons. The van der Waals surface area contributed by atoms with E-state index in [4.69, 9.17) is 5.73 Å². The number of fused-ring (bicyclic) bond motifs is 1. The van der Waals surface area contributed by atoms with Gasteiger partial charge in [-0.25, -0.2) is 0 Å². The Morgan fingerprint density at radius 1 is 1.35 bits per heavy atom. The van der Waals surface area contributed by atoms with E-state index in [0.29, 0.717) is 0 Å². The molecule has 4 heteroatoms. The molecule has 3 rings (SSSR count). The van der Waals surface area contributed by atoms with E-state index in [9.17, 15) is 4.79 Å². The van der Waals surface area contributed by atoms with Crippen LogP contribution in [0.25, 0.3) is 0 Å². The summed E-state index contributed by atoms with van der Waals surface area (Å²) in [5.41, 5.74) is 9.54. The number of carbonyl (C=O) groups excluding carboxylic acids is 1. The molecule has 2 heterocycles. The van der Waals surface area contributed by atoms with Crippen LogP contribution >= 0.6 is 0 Å². The van der Waals surface area contributed by atoms with E-state index in [1.54, 1.807) is 0 Å². The number of nitrogens with one attached hydrogen (secondary N) is 1. The Hall–Kier alpha value is -1.55. The summed E-state index contributed by atoms with van der Waals surface area (Å²) >= 11 is 0. The van der Waals surface area contributed by atoms with Gasteiger partial charge in [0, 0.05) is 24.7 Å². The molecule has 0 saturated carbocycles. The molecule has 2 aliphatic heterocycles. The molecule has 1 fully saturated rings. The molecule has 0 spiro atoms. The Bertz CT molecular complexity index is 492. The molecule has 0 aromatic heterocycles. The van der Waals surface area contributed by atoms with Crippen LogP contribution in [0.1, 0.15) is 24.0 Å². The van der Waals surface area contributed by atoms with Crippen LogP contribution in [0.4, 0.5) is 5.69 Å². The predicted octanol–water partition coefficient (Wildman–Crippen LogP) is 1.39. The van der Waals surface area contributed by atoms with Gasteiger partial charge in [0.15, 0.2) is 0 Å². The van der Waals surface area contributed by atoms with E-state index in [1.807, 2.05) is 0 Å². The van der Waals surface area contributed by atoms with E-state index >= 15 is 0 Å². The SMILES string of the molecule is NC(=O)C1CCN(CCc2ccc3c(c2)CCN3)CC1. The van der Waals surface area contributed by atoms with Gasteiger partial charge in [-0.2, -0.15) is 0 Å². The highest BCUT2D eigenvalue weighted by Crippen LogP contribution is 2.23. The summed E-state index contributed by atoms with van der Waals surface area (Å²) in [6.45, 7) is 4.15. The summed E-state index contributed by atoms with van der Waals surface area (Å²) < 4.78 is 0. The number of hydrogen-bond donors (Lipinski definition) is 2. The molecule has 0 bridgehead atoms. The second-order valence-electron chi connectivity index (χ2n) is 5.94. The third kappa shape index (κ3) is 2.96. The van der Waals surface area contributed by atoms with Gasteiger partial charge < -0.3 is 16.0 Å². The molecule has 1 aromatic carbocycles. The number of amides is 1. The van der Waals surface area contributed by atoms with Gasteiger partial charge in [-0.15, -0.1) is 0 Å². The Balaban J connectivity index is 1.49. The molecule has 1 amide bonds. The topological polar surface area (TPSA) is 58.4 Å². The Labute approximate surface area is 120 Å². The Morgan fingerprint density at radius 2 is 2.15 bits per heavy atom. The molecular formula is C16H23N3O. The largest absolute Gasteiger partial charge is 0.384 e. The van der Waals surface area contributed by atoms with Crippen LogP contribution in [0.2, 0.25) is 0 Å². The smallest absolute Gasteiger partial charge is 0.220 e.